The molecule has 74 heavy (non-hydrogen) atoms. The normalized spacial score (nSPS) is 18.9. The van der Waals surface area contributed by atoms with E-state index in [1.165, 1.54) is 10.6 Å². The van der Waals surface area contributed by atoms with E-state index in [1.54, 1.807) is 50.2 Å². The van der Waals surface area contributed by atoms with E-state index < -0.39 is 121 Å². The fourth-order valence-corrected chi connectivity index (χ4v) is 9.85. The molecule has 23 heteroatoms. The van der Waals surface area contributed by atoms with Gasteiger partial charge in [0.15, 0.2) is 5.60 Å². The van der Waals surface area contributed by atoms with Crippen LogP contribution in [-0.2, 0) is 84.2 Å². The average molecular weight is 1020 g/mol. The Hall–Kier alpha value is -8.18. The highest BCUT2D eigenvalue weighted by Gasteiger charge is 2.46. The van der Waals surface area contributed by atoms with E-state index in [4.69, 9.17) is 14.5 Å². The van der Waals surface area contributed by atoms with Crippen LogP contribution in [-0.4, -0.2) is 118 Å². The van der Waals surface area contributed by atoms with Crippen LogP contribution in [0.3, 0.4) is 0 Å². The first-order chi connectivity index (χ1) is 35.4. The third-order valence-electron chi connectivity index (χ3n) is 14.0. The molecule has 3 aliphatic heterocycles. The maximum atomic E-state index is 15.5. The Balaban J connectivity index is 0.817. The van der Waals surface area contributed by atoms with Crippen LogP contribution in [0.4, 0.5) is 4.39 Å². The number of benzene rings is 2. The number of nitrogens with zero attached hydrogens (tertiary/aromatic N) is 3. The van der Waals surface area contributed by atoms with Crippen molar-refractivity contribution in [3.05, 3.63) is 110 Å². The lowest BCUT2D eigenvalue weighted by molar-refractivity contribution is -0.172. The standard InChI is InChI=1S/C51H52FN9O13/c1-3-51(72)31-16-36-45-29(21-60(36)49(70)30(31)23-73-50(51)71)44-33(12-11-28-25(2)32(52)17-34(58-45)43(28)44)59-48(69)46(27-9-10-27)74-24-56-38(63)19-55-47(68)35(15-26-7-5-4-6-8-26)57-39(64)20-53-37(62)18-54-40(65)22-61-41(66)13-14-42(61)67/h4-8,13-14,16-17,27,33,35,46,72H,3,9-12,15,18-24H2,1-2H3,(H,53,62)(H,54,65)(H,55,68)(H,56,63)(H,57,64)(H,59,69)/t33-,35+,46+,51+/m1/s1. The van der Waals surface area contributed by atoms with E-state index >= 15 is 4.39 Å². The number of nitrogens with one attached hydrogen (secondary N) is 6. The van der Waals surface area contributed by atoms with Crippen molar-refractivity contribution in [2.45, 2.75) is 89.3 Å². The lowest BCUT2D eigenvalue weighted by Gasteiger charge is -2.31. The Bertz CT molecular complexity index is 3140. The summed E-state index contributed by atoms with van der Waals surface area (Å²) in [6.45, 7) is 0.330. The smallest absolute Gasteiger partial charge is 0.343 e. The monoisotopic (exact) mass is 1020 g/mol. The van der Waals surface area contributed by atoms with Crippen molar-refractivity contribution in [3.8, 4) is 11.4 Å². The van der Waals surface area contributed by atoms with Crippen molar-refractivity contribution in [3.63, 3.8) is 0 Å². The van der Waals surface area contributed by atoms with Crippen molar-refractivity contribution in [2.75, 3.05) is 32.9 Å². The second-order valence-corrected chi connectivity index (χ2v) is 18.8. The second-order valence-electron chi connectivity index (χ2n) is 18.8. The molecule has 4 aromatic rings. The van der Waals surface area contributed by atoms with Gasteiger partial charge in [0.25, 0.3) is 17.4 Å². The molecule has 386 valence electrons. The Morgan fingerprint density at radius 3 is 2.27 bits per heavy atom. The van der Waals surface area contributed by atoms with Gasteiger partial charge in [-0.25, -0.2) is 14.2 Å². The molecule has 2 aromatic carbocycles. The zero-order valence-corrected chi connectivity index (χ0v) is 40.3. The van der Waals surface area contributed by atoms with E-state index in [0.29, 0.717) is 75.1 Å². The Kier molecular flexibility index (Phi) is 14.2. The minimum Gasteiger partial charge on any atom is -0.458 e. The van der Waals surface area contributed by atoms with E-state index in [0.717, 1.165) is 17.7 Å². The molecule has 4 atom stereocenters. The van der Waals surface area contributed by atoms with E-state index in [-0.39, 0.29) is 43.0 Å². The van der Waals surface area contributed by atoms with Gasteiger partial charge < -0.3 is 51.0 Å². The number of pyridine rings is 2. The third kappa shape index (κ3) is 10.1. The van der Waals surface area contributed by atoms with Crippen molar-refractivity contribution < 1.29 is 62.1 Å². The molecule has 2 aliphatic carbocycles. The molecule has 1 saturated carbocycles. The second kappa shape index (κ2) is 20.7. The van der Waals surface area contributed by atoms with Crippen molar-refractivity contribution >= 4 is 64.1 Å². The van der Waals surface area contributed by atoms with Gasteiger partial charge >= 0.3 is 5.97 Å². The number of carbonyl (C=O) groups is 9. The first kappa shape index (κ1) is 50.7. The van der Waals surface area contributed by atoms with Crippen LogP contribution in [0.1, 0.15) is 77.6 Å². The molecule has 9 rings (SSSR count). The molecule has 8 amide bonds. The Morgan fingerprint density at radius 1 is 0.865 bits per heavy atom. The number of imide groups is 1. The van der Waals surface area contributed by atoms with Gasteiger partial charge in [-0.2, -0.15) is 0 Å². The van der Waals surface area contributed by atoms with E-state index in [1.807, 2.05) is 0 Å². The number of aryl methyl sites for hydroxylation is 1. The summed E-state index contributed by atoms with van der Waals surface area (Å²) in [6, 6.07) is 9.77. The van der Waals surface area contributed by atoms with Crippen LogP contribution >= 0.6 is 0 Å². The number of hydrogen-bond acceptors (Lipinski definition) is 14. The number of aromatic nitrogens is 2. The maximum absolute atomic E-state index is 15.5. The Labute approximate surface area is 420 Å². The number of fused-ring (bicyclic) bond motifs is 5. The largest absolute Gasteiger partial charge is 0.458 e. The molecule has 5 heterocycles. The van der Waals surface area contributed by atoms with Crippen LogP contribution < -0.4 is 37.5 Å². The number of amides is 8. The fourth-order valence-electron chi connectivity index (χ4n) is 9.85. The maximum Gasteiger partial charge on any atom is 0.343 e. The van der Waals surface area contributed by atoms with Crippen molar-refractivity contribution in [2.24, 2.45) is 5.92 Å². The SMILES string of the molecule is CC[C@@]1(O)C(=O)OCc2c1cc1n(c2=O)Cc2c-1nc1cc(F)c(C)c3c1c2[C@H](NC(=O)[C@@H](OCNC(=O)CNC(=O)[C@H](Cc1ccccc1)NC(=O)CNC(=O)CNC(=O)CN1C(=O)C=CC1=O)C1CC1)CC3. The van der Waals surface area contributed by atoms with Crippen molar-refractivity contribution in [1.29, 1.82) is 0 Å². The summed E-state index contributed by atoms with van der Waals surface area (Å²) in [5, 5.41) is 27.4. The summed E-state index contributed by atoms with van der Waals surface area (Å²) >= 11 is 0. The number of esters is 1. The summed E-state index contributed by atoms with van der Waals surface area (Å²) in [6.07, 6.45) is 3.13. The van der Waals surface area contributed by atoms with Gasteiger partial charge in [-0.05, 0) is 73.3 Å². The number of cyclic esters (lactones) is 1. The number of halogens is 1. The van der Waals surface area contributed by atoms with E-state index in [9.17, 15) is 53.1 Å². The summed E-state index contributed by atoms with van der Waals surface area (Å²) in [5.74, 6) is -7.01. The fraction of sp³-hybridized carbons (Fsp3) is 0.392. The van der Waals surface area contributed by atoms with Gasteiger partial charge in [-0.15, -0.1) is 0 Å². The molecule has 0 spiro atoms. The minimum atomic E-state index is -2.06. The lowest BCUT2D eigenvalue weighted by Crippen LogP contribution is -2.52. The molecule has 0 bridgehead atoms. The zero-order valence-electron chi connectivity index (χ0n) is 40.3. The molecule has 0 radical (unpaired) electrons. The first-order valence-corrected chi connectivity index (χ1v) is 24.1. The number of rotatable bonds is 19. The lowest BCUT2D eigenvalue weighted by atomic mass is 9.81. The summed E-state index contributed by atoms with van der Waals surface area (Å²) in [7, 11) is 0. The highest BCUT2D eigenvalue weighted by Crippen LogP contribution is 2.46. The van der Waals surface area contributed by atoms with Gasteiger partial charge in [0.2, 0.25) is 35.4 Å². The summed E-state index contributed by atoms with van der Waals surface area (Å²) < 4.78 is 28.2. The van der Waals surface area contributed by atoms with Crippen LogP contribution in [0.5, 0.6) is 0 Å². The van der Waals surface area contributed by atoms with Crippen LogP contribution in [0.2, 0.25) is 0 Å². The molecular formula is C51H52FN9O13. The van der Waals surface area contributed by atoms with E-state index in [2.05, 4.69) is 31.9 Å². The predicted octanol–water partition coefficient (Wildman–Crippen LogP) is -0.499. The highest BCUT2D eigenvalue weighted by atomic mass is 19.1. The third-order valence-corrected chi connectivity index (χ3v) is 14.0. The molecule has 7 N–H and O–H groups in total. The predicted molar refractivity (Wildman–Crippen MR) is 256 cm³/mol. The van der Waals surface area contributed by atoms with Gasteiger partial charge in [0.1, 0.15) is 37.8 Å². The number of hydrogen-bond donors (Lipinski definition) is 7. The number of aliphatic hydroxyl groups is 1. The number of ether oxygens (including phenoxy) is 2. The van der Waals surface area contributed by atoms with Gasteiger partial charge in [-0.1, -0.05) is 37.3 Å². The molecule has 5 aliphatic rings. The molecule has 0 saturated heterocycles. The molecule has 2 aromatic heterocycles. The highest BCUT2D eigenvalue weighted by molar-refractivity contribution is 6.14. The van der Waals surface area contributed by atoms with Crippen LogP contribution in [0.25, 0.3) is 22.3 Å². The van der Waals surface area contributed by atoms with Crippen LogP contribution in [0, 0.1) is 18.7 Å². The van der Waals surface area contributed by atoms with Crippen LogP contribution in [0.15, 0.2) is 59.4 Å². The number of carbonyl (C=O) groups excluding carboxylic acids is 9. The first-order valence-electron chi connectivity index (χ1n) is 24.1. The quantitative estimate of drug-likeness (QED) is 0.0312. The average Bonchev–Trinajstić information content (AvgIpc) is 4.09. The molecule has 1 fully saturated rings. The minimum absolute atomic E-state index is 0.0131. The summed E-state index contributed by atoms with van der Waals surface area (Å²) in [4.78, 5) is 134. The molecular weight excluding hydrogens is 966 g/mol. The zero-order chi connectivity index (χ0) is 52.6. The summed E-state index contributed by atoms with van der Waals surface area (Å²) in [5.41, 5.74) is 1.89. The van der Waals surface area contributed by atoms with Gasteiger partial charge in [-0.3, -0.25) is 48.1 Å². The van der Waals surface area contributed by atoms with Gasteiger partial charge in [0.05, 0.1) is 54.7 Å². The Morgan fingerprint density at radius 2 is 1.55 bits per heavy atom. The topological polar surface area (TPSA) is 303 Å². The molecule has 0 unspecified atom stereocenters. The van der Waals surface area contributed by atoms with Gasteiger partial charge in [0, 0.05) is 41.2 Å². The van der Waals surface area contributed by atoms with Crippen molar-refractivity contribution in [1.82, 2.24) is 46.4 Å². The molecule has 22 nitrogen and oxygen atoms in total.